The quantitative estimate of drug-likeness (QED) is 0.770. The third-order valence-corrected chi connectivity index (χ3v) is 4.19. The molecule has 3 aromatic rings. The monoisotopic (exact) mass is 342 g/mol. The number of thiazole rings is 1. The van der Waals surface area contributed by atoms with Gasteiger partial charge in [0.15, 0.2) is 5.13 Å². The first-order valence-electron chi connectivity index (χ1n) is 7.63. The number of benzene rings is 1. The molecular formula is C16H18N6OS. The average Bonchev–Trinajstić information content (AvgIpc) is 3.13. The van der Waals surface area contributed by atoms with E-state index in [1.165, 1.54) is 16.1 Å². The summed E-state index contributed by atoms with van der Waals surface area (Å²) in [5.74, 6) is 0.745. The summed E-state index contributed by atoms with van der Waals surface area (Å²) < 4.78 is 0. The highest BCUT2D eigenvalue weighted by Crippen LogP contribution is 2.37. The summed E-state index contributed by atoms with van der Waals surface area (Å²) >= 11 is 1.35. The molecule has 2 aromatic heterocycles. The number of aromatic nitrogens is 5. The van der Waals surface area contributed by atoms with Gasteiger partial charge in [-0.25, -0.2) is 4.98 Å². The van der Waals surface area contributed by atoms with Gasteiger partial charge in [0, 0.05) is 12.0 Å². The van der Waals surface area contributed by atoms with E-state index in [9.17, 15) is 4.79 Å². The van der Waals surface area contributed by atoms with Gasteiger partial charge in [0.1, 0.15) is 4.88 Å². The van der Waals surface area contributed by atoms with Crippen molar-refractivity contribution >= 4 is 22.4 Å². The van der Waals surface area contributed by atoms with Crippen LogP contribution in [0.2, 0.25) is 0 Å². The number of nitrogens with one attached hydrogen (secondary N) is 1. The largest absolute Gasteiger partial charge is 0.302 e. The van der Waals surface area contributed by atoms with E-state index in [2.05, 4.69) is 25.7 Å². The Labute approximate surface area is 143 Å². The zero-order chi connectivity index (χ0) is 17.1. The molecule has 0 bridgehead atoms. The Morgan fingerprint density at radius 2 is 2.04 bits per heavy atom. The number of anilines is 1. The molecule has 24 heavy (non-hydrogen) atoms. The minimum Gasteiger partial charge on any atom is -0.302 e. The lowest BCUT2D eigenvalue weighted by Crippen LogP contribution is -2.13. The lowest BCUT2D eigenvalue weighted by Gasteiger charge is -2.03. The summed E-state index contributed by atoms with van der Waals surface area (Å²) in [5.41, 5.74) is 1.69. The molecule has 7 nitrogen and oxygen atoms in total. The van der Waals surface area contributed by atoms with Gasteiger partial charge in [0.25, 0.3) is 0 Å². The molecule has 0 aliphatic carbocycles. The van der Waals surface area contributed by atoms with Crippen LogP contribution in [0.1, 0.15) is 20.3 Å². The zero-order valence-electron chi connectivity index (χ0n) is 13.7. The van der Waals surface area contributed by atoms with Crippen molar-refractivity contribution in [2.24, 2.45) is 13.0 Å². The van der Waals surface area contributed by atoms with Crippen LogP contribution in [0.3, 0.4) is 0 Å². The first-order chi connectivity index (χ1) is 11.5. The fraction of sp³-hybridized carbons (Fsp3) is 0.312. The van der Waals surface area contributed by atoms with Crippen LogP contribution in [0.5, 0.6) is 0 Å². The summed E-state index contributed by atoms with van der Waals surface area (Å²) in [6.45, 7) is 4.01. The minimum atomic E-state index is -0.0444. The number of hydrogen-bond acceptors (Lipinski definition) is 6. The fourth-order valence-corrected chi connectivity index (χ4v) is 3.16. The number of carbonyl (C=O) groups excluding carboxylic acids is 1. The molecule has 0 spiro atoms. The summed E-state index contributed by atoms with van der Waals surface area (Å²) in [7, 11) is 1.71. The number of tetrazole rings is 1. The van der Waals surface area contributed by atoms with E-state index in [1.54, 1.807) is 7.05 Å². The van der Waals surface area contributed by atoms with Crippen molar-refractivity contribution in [3.63, 3.8) is 0 Å². The van der Waals surface area contributed by atoms with Gasteiger partial charge in [0.05, 0.1) is 12.7 Å². The van der Waals surface area contributed by atoms with E-state index in [1.807, 2.05) is 44.2 Å². The first-order valence-corrected chi connectivity index (χ1v) is 8.45. The van der Waals surface area contributed by atoms with Crippen molar-refractivity contribution < 1.29 is 4.79 Å². The topological polar surface area (TPSA) is 85.6 Å². The maximum Gasteiger partial charge on any atom is 0.226 e. The molecule has 0 atom stereocenters. The van der Waals surface area contributed by atoms with Gasteiger partial charge < -0.3 is 5.32 Å². The smallest absolute Gasteiger partial charge is 0.226 e. The number of nitrogens with zero attached hydrogens (tertiary/aromatic N) is 5. The fourth-order valence-electron chi connectivity index (χ4n) is 2.23. The number of carbonyl (C=O) groups is 1. The summed E-state index contributed by atoms with van der Waals surface area (Å²) in [4.78, 5) is 18.8. The standard InChI is InChI=1S/C16H18N6OS/c1-10(2)9-12(23)17-16-18-13(11-7-5-4-6-8-11)14(24-16)15-19-21-22(3)20-15/h4-8,10H,9H2,1-3H3,(H,17,18,23). The Hall–Kier alpha value is -2.61. The van der Waals surface area contributed by atoms with E-state index in [0.29, 0.717) is 23.3 Å². The molecule has 3 rings (SSSR count). The Morgan fingerprint density at radius 1 is 1.29 bits per heavy atom. The van der Waals surface area contributed by atoms with Crippen LogP contribution < -0.4 is 5.32 Å². The SMILES string of the molecule is CC(C)CC(=O)Nc1nc(-c2ccccc2)c(-c2nnn(C)n2)s1. The van der Waals surface area contributed by atoms with Crippen LogP contribution in [-0.4, -0.2) is 31.1 Å². The van der Waals surface area contributed by atoms with Gasteiger partial charge in [-0.2, -0.15) is 4.80 Å². The maximum absolute atomic E-state index is 12.0. The Kier molecular flexibility index (Phi) is 4.66. The molecule has 1 amide bonds. The normalized spacial score (nSPS) is 11.0. The maximum atomic E-state index is 12.0. The summed E-state index contributed by atoms with van der Waals surface area (Å²) in [6.07, 6.45) is 0.457. The lowest BCUT2D eigenvalue weighted by atomic mass is 10.1. The summed E-state index contributed by atoms with van der Waals surface area (Å²) in [6, 6.07) is 9.77. The molecule has 0 aliphatic rings. The van der Waals surface area contributed by atoms with Crippen LogP contribution in [0.4, 0.5) is 5.13 Å². The van der Waals surface area contributed by atoms with E-state index in [0.717, 1.165) is 16.1 Å². The molecule has 2 heterocycles. The average molecular weight is 342 g/mol. The van der Waals surface area contributed by atoms with Gasteiger partial charge in [-0.05, 0) is 11.1 Å². The third-order valence-electron chi connectivity index (χ3n) is 3.23. The molecule has 8 heteroatoms. The van der Waals surface area contributed by atoms with Crippen molar-refractivity contribution in [1.82, 2.24) is 25.2 Å². The van der Waals surface area contributed by atoms with Crippen LogP contribution >= 0.6 is 11.3 Å². The first kappa shape index (κ1) is 16.3. The predicted octanol–water partition coefficient (Wildman–Crippen LogP) is 2.99. The Morgan fingerprint density at radius 3 is 2.67 bits per heavy atom. The van der Waals surface area contributed by atoms with Crippen molar-refractivity contribution in [2.75, 3.05) is 5.32 Å². The van der Waals surface area contributed by atoms with E-state index < -0.39 is 0 Å². The number of aryl methyl sites for hydroxylation is 1. The van der Waals surface area contributed by atoms with Gasteiger partial charge in [-0.1, -0.05) is 55.5 Å². The Balaban J connectivity index is 1.98. The van der Waals surface area contributed by atoms with E-state index in [-0.39, 0.29) is 5.91 Å². The molecule has 0 saturated carbocycles. The highest BCUT2D eigenvalue weighted by atomic mass is 32.1. The van der Waals surface area contributed by atoms with Crippen LogP contribution in [0, 0.1) is 5.92 Å². The van der Waals surface area contributed by atoms with Crippen molar-refractivity contribution in [3.8, 4) is 22.0 Å². The molecule has 0 radical (unpaired) electrons. The number of hydrogen-bond donors (Lipinski definition) is 1. The van der Waals surface area contributed by atoms with E-state index >= 15 is 0 Å². The zero-order valence-corrected chi connectivity index (χ0v) is 14.5. The molecule has 0 fully saturated rings. The van der Waals surface area contributed by atoms with Crippen molar-refractivity contribution in [1.29, 1.82) is 0 Å². The molecule has 0 unspecified atom stereocenters. The highest BCUT2D eigenvalue weighted by Gasteiger charge is 2.19. The second-order valence-corrected chi connectivity index (χ2v) is 6.81. The molecule has 0 aliphatic heterocycles. The van der Waals surface area contributed by atoms with Crippen molar-refractivity contribution in [2.45, 2.75) is 20.3 Å². The molecule has 124 valence electrons. The van der Waals surface area contributed by atoms with Gasteiger partial charge in [0.2, 0.25) is 11.7 Å². The Bertz CT molecular complexity index is 839. The molecule has 1 N–H and O–H groups in total. The van der Waals surface area contributed by atoms with Crippen LogP contribution in [0.15, 0.2) is 30.3 Å². The third kappa shape index (κ3) is 3.65. The molecule has 0 saturated heterocycles. The van der Waals surface area contributed by atoms with Gasteiger partial charge in [-0.3, -0.25) is 4.79 Å². The lowest BCUT2D eigenvalue weighted by molar-refractivity contribution is -0.116. The van der Waals surface area contributed by atoms with Gasteiger partial charge in [-0.15, -0.1) is 10.2 Å². The predicted molar refractivity (Wildman–Crippen MR) is 93.4 cm³/mol. The van der Waals surface area contributed by atoms with Crippen molar-refractivity contribution in [3.05, 3.63) is 30.3 Å². The van der Waals surface area contributed by atoms with Gasteiger partial charge >= 0.3 is 0 Å². The van der Waals surface area contributed by atoms with Crippen LogP contribution in [-0.2, 0) is 11.8 Å². The number of amides is 1. The van der Waals surface area contributed by atoms with E-state index in [4.69, 9.17) is 0 Å². The van der Waals surface area contributed by atoms with Crippen LogP contribution in [0.25, 0.3) is 22.0 Å². The molecule has 1 aromatic carbocycles. The molecular weight excluding hydrogens is 324 g/mol. The summed E-state index contributed by atoms with van der Waals surface area (Å²) in [5, 5.41) is 15.6. The minimum absolute atomic E-state index is 0.0444. The second-order valence-electron chi connectivity index (χ2n) is 5.81. The second kappa shape index (κ2) is 6.88. The highest BCUT2D eigenvalue weighted by molar-refractivity contribution is 7.19. The number of rotatable bonds is 5.